The Morgan fingerprint density at radius 3 is 2.12 bits per heavy atom. The zero-order valence-corrected chi connectivity index (χ0v) is 11.4. The lowest BCUT2D eigenvalue weighted by Crippen LogP contribution is -2.43. The summed E-state index contributed by atoms with van der Waals surface area (Å²) in [5.74, 6) is 0. The van der Waals surface area contributed by atoms with Gasteiger partial charge in [-0.05, 0) is 24.8 Å². The van der Waals surface area contributed by atoms with Crippen molar-refractivity contribution >= 4 is 6.08 Å². The van der Waals surface area contributed by atoms with E-state index < -0.39 is 0 Å². The van der Waals surface area contributed by atoms with Gasteiger partial charge >= 0.3 is 0 Å². The van der Waals surface area contributed by atoms with E-state index in [0.29, 0.717) is 5.54 Å². The first kappa shape index (κ1) is 14.0. The van der Waals surface area contributed by atoms with Crippen molar-refractivity contribution in [2.45, 2.75) is 45.6 Å². The van der Waals surface area contributed by atoms with Crippen LogP contribution in [0.3, 0.4) is 0 Å². The molecule has 0 atom stereocenters. The quantitative estimate of drug-likeness (QED) is 0.739. The predicted octanol–water partition coefficient (Wildman–Crippen LogP) is 4.26. The van der Waals surface area contributed by atoms with Crippen LogP contribution in [0.5, 0.6) is 0 Å². The highest BCUT2D eigenvalue weighted by atomic mass is 15.0. The van der Waals surface area contributed by atoms with E-state index in [4.69, 9.17) is 0 Å². The molecule has 0 aliphatic heterocycles. The molecule has 1 rings (SSSR count). The van der Waals surface area contributed by atoms with Crippen LogP contribution < -0.4 is 5.32 Å². The van der Waals surface area contributed by atoms with E-state index in [9.17, 15) is 0 Å². The first-order chi connectivity index (χ1) is 8.26. The monoisotopic (exact) mass is 231 g/mol. The minimum Gasteiger partial charge on any atom is -0.308 e. The number of hydrogen-bond donors (Lipinski definition) is 1. The molecule has 0 aromatic heterocycles. The Balaban J connectivity index is 2.44. The van der Waals surface area contributed by atoms with Gasteiger partial charge in [0.1, 0.15) is 0 Å². The molecule has 0 amide bonds. The van der Waals surface area contributed by atoms with Crippen LogP contribution in [0.2, 0.25) is 0 Å². The standard InChI is InChI=1S/C16H25N/c1-4-16(5-2,6-3)17-14-10-13-15-11-8-7-9-12-15/h7-13,17H,4-6,14H2,1-3H3. The average Bonchev–Trinajstić information content (AvgIpc) is 2.41. The fourth-order valence-electron chi connectivity index (χ4n) is 2.16. The zero-order chi connectivity index (χ0) is 12.6. The van der Waals surface area contributed by atoms with E-state index in [1.165, 1.54) is 24.8 Å². The summed E-state index contributed by atoms with van der Waals surface area (Å²) < 4.78 is 0. The summed E-state index contributed by atoms with van der Waals surface area (Å²) in [6.45, 7) is 7.74. The second-order valence-electron chi connectivity index (χ2n) is 4.53. The zero-order valence-electron chi connectivity index (χ0n) is 11.4. The van der Waals surface area contributed by atoms with Gasteiger partial charge in [-0.1, -0.05) is 63.3 Å². The molecule has 0 radical (unpaired) electrons. The van der Waals surface area contributed by atoms with Crippen molar-refractivity contribution in [3.8, 4) is 0 Å². The van der Waals surface area contributed by atoms with Gasteiger partial charge in [0.2, 0.25) is 0 Å². The molecule has 0 saturated carbocycles. The molecule has 0 unspecified atom stereocenters. The normalized spacial score (nSPS) is 12.2. The van der Waals surface area contributed by atoms with E-state index >= 15 is 0 Å². The Morgan fingerprint density at radius 2 is 1.59 bits per heavy atom. The molecule has 1 N–H and O–H groups in total. The van der Waals surface area contributed by atoms with Crippen LogP contribution in [0, 0.1) is 0 Å². The van der Waals surface area contributed by atoms with Gasteiger partial charge < -0.3 is 5.32 Å². The van der Waals surface area contributed by atoms with Crippen molar-refractivity contribution in [3.63, 3.8) is 0 Å². The summed E-state index contributed by atoms with van der Waals surface area (Å²) in [6, 6.07) is 10.4. The van der Waals surface area contributed by atoms with Gasteiger partial charge in [0.05, 0.1) is 0 Å². The van der Waals surface area contributed by atoms with Crippen LogP contribution in [-0.2, 0) is 0 Å². The van der Waals surface area contributed by atoms with Crippen LogP contribution in [-0.4, -0.2) is 12.1 Å². The summed E-state index contributed by atoms with van der Waals surface area (Å²) in [5, 5.41) is 3.67. The molecule has 0 fully saturated rings. The molecule has 0 spiro atoms. The summed E-state index contributed by atoms with van der Waals surface area (Å²) in [6.07, 6.45) is 7.97. The van der Waals surface area contributed by atoms with Crippen LogP contribution in [0.4, 0.5) is 0 Å². The van der Waals surface area contributed by atoms with Crippen molar-refractivity contribution in [2.75, 3.05) is 6.54 Å². The van der Waals surface area contributed by atoms with Crippen molar-refractivity contribution < 1.29 is 0 Å². The van der Waals surface area contributed by atoms with Crippen molar-refractivity contribution in [3.05, 3.63) is 42.0 Å². The SMILES string of the molecule is CCC(CC)(CC)NCC=Cc1ccccc1. The van der Waals surface area contributed by atoms with Crippen molar-refractivity contribution in [1.82, 2.24) is 5.32 Å². The highest BCUT2D eigenvalue weighted by molar-refractivity contribution is 5.48. The third-order valence-electron chi connectivity index (χ3n) is 3.74. The topological polar surface area (TPSA) is 12.0 Å². The smallest absolute Gasteiger partial charge is 0.0176 e. The lowest BCUT2D eigenvalue weighted by molar-refractivity contribution is 0.302. The first-order valence-electron chi connectivity index (χ1n) is 6.73. The minimum atomic E-state index is 0.320. The van der Waals surface area contributed by atoms with E-state index in [0.717, 1.165) is 6.54 Å². The van der Waals surface area contributed by atoms with Gasteiger partial charge in [0.25, 0.3) is 0 Å². The molecule has 0 bridgehead atoms. The Bertz CT molecular complexity index is 314. The summed E-state index contributed by atoms with van der Waals surface area (Å²) in [4.78, 5) is 0. The van der Waals surface area contributed by atoms with Gasteiger partial charge in [-0.3, -0.25) is 0 Å². The third kappa shape index (κ3) is 4.35. The number of benzene rings is 1. The lowest BCUT2D eigenvalue weighted by Gasteiger charge is -2.31. The first-order valence-corrected chi connectivity index (χ1v) is 6.73. The molecule has 0 saturated heterocycles. The van der Waals surface area contributed by atoms with Crippen molar-refractivity contribution in [2.24, 2.45) is 0 Å². The second-order valence-corrected chi connectivity index (χ2v) is 4.53. The molecular formula is C16H25N. The molecule has 0 heterocycles. The summed E-state index contributed by atoms with van der Waals surface area (Å²) >= 11 is 0. The van der Waals surface area contributed by atoms with Gasteiger partial charge in [-0.15, -0.1) is 0 Å². The second kappa shape index (κ2) is 7.29. The van der Waals surface area contributed by atoms with E-state index in [1.54, 1.807) is 0 Å². The summed E-state index contributed by atoms with van der Waals surface area (Å²) in [5.41, 5.74) is 1.59. The molecule has 0 aliphatic rings. The van der Waals surface area contributed by atoms with E-state index in [1.807, 2.05) is 6.07 Å². The maximum Gasteiger partial charge on any atom is 0.0176 e. The van der Waals surface area contributed by atoms with Gasteiger partial charge in [0.15, 0.2) is 0 Å². The molecule has 1 nitrogen and oxygen atoms in total. The lowest BCUT2D eigenvalue weighted by atomic mass is 9.90. The molecular weight excluding hydrogens is 206 g/mol. The molecule has 17 heavy (non-hydrogen) atoms. The van der Waals surface area contributed by atoms with Crippen LogP contribution >= 0.6 is 0 Å². The molecule has 1 heteroatoms. The Hall–Kier alpha value is -1.08. The highest BCUT2D eigenvalue weighted by Crippen LogP contribution is 2.18. The fraction of sp³-hybridized carbons (Fsp3) is 0.500. The van der Waals surface area contributed by atoms with Crippen LogP contribution in [0.25, 0.3) is 6.08 Å². The third-order valence-corrected chi connectivity index (χ3v) is 3.74. The maximum atomic E-state index is 3.67. The molecule has 1 aromatic rings. The van der Waals surface area contributed by atoms with Gasteiger partial charge in [-0.2, -0.15) is 0 Å². The van der Waals surface area contributed by atoms with Gasteiger partial charge in [-0.25, -0.2) is 0 Å². The highest BCUT2D eigenvalue weighted by Gasteiger charge is 2.21. The maximum absolute atomic E-state index is 3.67. The summed E-state index contributed by atoms with van der Waals surface area (Å²) in [7, 11) is 0. The van der Waals surface area contributed by atoms with E-state index in [2.05, 4.69) is 62.5 Å². The molecule has 0 aliphatic carbocycles. The Kier molecular flexibility index (Phi) is 5.99. The fourth-order valence-corrected chi connectivity index (χ4v) is 2.16. The van der Waals surface area contributed by atoms with Crippen LogP contribution in [0.1, 0.15) is 45.6 Å². The average molecular weight is 231 g/mol. The Labute approximate surface area is 106 Å². The van der Waals surface area contributed by atoms with E-state index in [-0.39, 0.29) is 0 Å². The number of nitrogens with one attached hydrogen (secondary N) is 1. The predicted molar refractivity (Wildman–Crippen MR) is 77.1 cm³/mol. The van der Waals surface area contributed by atoms with Crippen molar-refractivity contribution in [1.29, 1.82) is 0 Å². The van der Waals surface area contributed by atoms with Crippen LogP contribution in [0.15, 0.2) is 36.4 Å². The Morgan fingerprint density at radius 1 is 1.00 bits per heavy atom. The minimum absolute atomic E-state index is 0.320. The molecule has 94 valence electrons. The molecule has 1 aromatic carbocycles. The number of hydrogen-bond acceptors (Lipinski definition) is 1. The number of rotatable bonds is 7. The van der Waals surface area contributed by atoms with Gasteiger partial charge in [0, 0.05) is 12.1 Å². The largest absolute Gasteiger partial charge is 0.308 e.